The molecule has 4 N–H and O–H groups in total. The number of hydrazine groups is 2. The lowest BCUT2D eigenvalue weighted by Crippen LogP contribution is -2.38. The minimum Gasteiger partial charge on any atom is -0.325 e. The molecular weight excluding hydrogens is 176 g/mol. The molecule has 0 aromatic rings. The number of nitrogens with one attached hydrogen (secondary N) is 2. The van der Waals surface area contributed by atoms with Crippen molar-refractivity contribution in [3.8, 4) is 0 Å². The monoisotopic (exact) mass is 192 g/mol. The normalized spacial score (nSPS) is 20.5. The van der Waals surface area contributed by atoms with E-state index in [4.69, 9.17) is 5.73 Å². The Morgan fingerprint density at radius 2 is 2.36 bits per heavy atom. The number of rotatable bonds is 3. The fourth-order valence-corrected chi connectivity index (χ4v) is 1.57. The predicted octanol–water partition coefficient (Wildman–Crippen LogP) is 0.388. The van der Waals surface area contributed by atoms with Gasteiger partial charge in [0.1, 0.15) is 0 Å². The molecule has 0 aromatic carbocycles. The van der Waals surface area contributed by atoms with Crippen molar-refractivity contribution in [2.24, 2.45) is 5.73 Å². The molecule has 76 valence electrons. The SMILES string of the molecule is NCC1=CN(CC2=CCCC=C2)NN1. The van der Waals surface area contributed by atoms with Gasteiger partial charge >= 0.3 is 0 Å². The fourth-order valence-electron chi connectivity index (χ4n) is 1.57. The van der Waals surface area contributed by atoms with Gasteiger partial charge in [-0.1, -0.05) is 18.2 Å². The van der Waals surface area contributed by atoms with E-state index in [0.717, 1.165) is 18.7 Å². The van der Waals surface area contributed by atoms with Crippen LogP contribution < -0.4 is 16.7 Å². The van der Waals surface area contributed by atoms with Crippen molar-refractivity contribution >= 4 is 0 Å². The van der Waals surface area contributed by atoms with Crippen molar-refractivity contribution in [2.75, 3.05) is 13.1 Å². The molecule has 2 aliphatic rings. The molecule has 2 rings (SSSR count). The summed E-state index contributed by atoms with van der Waals surface area (Å²) in [4.78, 5) is 0. The Morgan fingerprint density at radius 3 is 3.00 bits per heavy atom. The molecule has 0 aromatic heterocycles. The Hall–Kier alpha value is -1.26. The Balaban J connectivity index is 1.89. The maximum absolute atomic E-state index is 5.50. The van der Waals surface area contributed by atoms with Crippen molar-refractivity contribution in [2.45, 2.75) is 12.8 Å². The molecular formula is C10H16N4. The van der Waals surface area contributed by atoms with Crippen molar-refractivity contribution < 1.29 is 0 Å². The minimum absolute atomic E-state index is 0.540. The maximum atomic E-state index is 5.50. The van der Waals surface area contributed by atoms with Gasteiger partial charge in [-0.2, -0.15) is 0 Å². The molecule has 0 amide bonds. The molecule has 0 fully saturated rings. The average Bonchev–Trinajstić information content (AvgIpc) is 2.67. The summed E-state index contributed by atoms with van der Waals surface area (Å²) in [5.41, 5.74) is 13.9. The van der Waals surface area contributed by atoms with Crippen LogP contribution in [0.5, 0.6) is 0 Å². The Bertz CT molecular complexity index is 290. The van der Waals surface area contributed by atoms with Crippen molar-refractivity contribution in [3.05, 3.63) is 35.7 Å². The summed E-state index contributed by atoms with van der Waals surface area (Å²) in [6.07, 6.45) is 11.0. The lowest BCUT2D eigenvalue weighted by atomic mass is 10.1. The van der Waals surface area contributed by atoms with Gasteiger partial charge in [-0.05, 0) is 18.4 Å². The molecule has 4 heteroatoms. The third-order valence-corrected chi connectivity index (χ3v) is 2.32. The molecule has 1 heterocycles. The fraction of sp³-hybridized carbons (Fsp3) is 0.400. The van der Waals surface area contributed by atoms with Crippen LogP contribution in [-0.4, -0.2) is 18.1 Å². The van der Waals surface area contributed by atoms with E-state index < -0.39 is 0 Å². The zero-order valence-corrected chi connectivity index (χ0v) is 8.16. The van der Waals surface area contributed by atoms with Crippen LogP contribution in [0.4, 0.5) is 0 Å². The zero-order chi connectivity index (χ0) is 9.80. The molecule has 0 atom stereocenters. The molecule has 0 saturated carbocycles. The molecule has 1 aliphatic heterocycles. The Labute approximate surface area is 84.1 Å². The van der Waals surface area contributed by atoms with Crippen LogP contribution in [0.3, 0.4) is 0 Å². The smallest absolute Gasteiger partial charge is 0.0603 e. The van der Waals surface area contributed by atoms with E-state index in [1.807, 2.05) is 11.2 Å². The van der Waals surface area contributed by atoms with Crippen LogP contribution in [0.25, 0.3) is 0 Å². The number of nitrogens with zero attached hydrogens (tertiary/aromatic N) is 1. The highest BCUT2D eigenvalue weighted by Gasteiger charge is 2.10. The number of allylic oxidation sites excluding steroid dienone is 2. The van der Waals surface area contributed by atoms with E-state index in [-0.39, 0.29) is 0 Å². The second kappa shape index (κ2) is 4.30. The molecule has 0 saturated heterocycles. The van der Waals surface area contributed by atoms with Gasteiger partial charge < -0.3 is 11.2 Å². The largest absolute Gasteiger partial charge is 0.325 e. The molecule has 0 spiro atoms. The molecule has 4 nitrogen and oxygen atoms in total. The van der Waals surface area contributed by atoms with Crippen LogP contribution in [0, 0.1) is 0 Å². The van der Waals surface area contributed by atoms with E-state index in [1.165, 1.54) is 12.0 Å². The quantitative estimate of drug-likeness (QED) is 0.605. The van der Waals surface area contributed by atoms with Gasteiger partial charge in [-0.15, -0.1) is 5.53 Å². The first-order valence-electron chi connectivity index (χ1n) is 4.93. The van der Waals surface area contributed by atoms with E-state index in [1.54, 1.807) is 0 Å². The number of nitrogens with two attached hydrogens (primary N) is 1. The topological polar surface area (TPSA) is 53.3 Å². The molecule has 14 heavy (non-hydrogen) atoms. The van der Waals surface area contributed by atoms with Crippen LogP contribution in [0.15, 0.2) is 35.7 Å². The van der Waals surface area contributed by atoms with E-state index in [2.05, 4.69) is 29.2 Å². The summed E-state index contributed by atoms with van der Waals surface area (Å²) < 4.78 is 0. The first kappa shape index (κ1) is 9.30. The van der Waals surface area contributed by atoms with Crippen LogP contribution in [-0.2, 0) is 0 Å². The van der Waals surface area contributed by atoms with E-state index in [9.17, 15) is 0 Å². The Morgan fingerprint density at radius 1 is 1.43 bits per heavy atom. The summed E-state index contributed by atoms with van der Waals surface area (Å²) in [5, 5.41) is 2.00. The standard InChI is InChI=1S/C10H16N4/c11-6-10-8-14(13-12-10)7-9-4-2-1-3-5-9/h2,4-5,8,12-13H,1,3,6-7,11H2. The van der Waals surface area contributed by atoms with Gasteiger partial charge in [0.05, 0.1) is 12.2 Å². The number of hydrogen-bond acceptors (Lipinski definition) is 4. The maximum Gasteiger partial charge on any atom is 0.0603 e. The highest BCUT2D eigenvalue weighted by atomic mass is 15.7. The summed E-state index contributed by atoms with van der Waals surface area (Å²) in [6, 6.07) is 0. The van der Waals surface area contributed by atoms with Gasteiger partial charge in [-0.25, -0.2) is 0 Å². The van der Waals surface area contributed by atoms with Gasteiger partial charge in [0.2, 0.25) is 0 Å². The van der Waals surface area contributed by atoms with Gasteiger partial charge in [0, 0.05) is 12.7 Å². The molecule has 0 radical (unpaired) electrons. The molecule has 0 bridgehead atoms. The lowest BCUT2D eigenvalue weighted by molar-refractivity contribution is 0.293. The van der Waals surface area contributed by atoms with Gasteiger partial charge in [0.15, 0.2) is 0 Å². The van der Waals surface area contributed by atoms with Crippen molar-refractivity contribution in [3.63, 3.8) is 0 Å². The third-order valence-electron chi connectivity index (χ3n) is 2.32. The average molecular weight is 192 g/mol. The first-order valence-corrected chi connectivity index (χ1v) is 4.93. The third kappa shape index (κ3) is 2.16. The summed E-state index contributed by atoms with van der Waals surface area (Å²) in [5.74, 6) is 0. The van der Waals surface area contributed by atoms with Crippen molar-refractivity contribution in [1.82, 2.24) is 16.0 Å². The second-order valence-electron chi connectivity index (χ2n) is 3.48. The highest BCUT2D eigenvalue weighted by Crippen LogP contribution is 2.11. The van der Waals surface area contributed by atoms with E-state index in [0.29, 0.717) is 6.54 Å². The van der Waals surface area contributed by atoms with Crippen LogP contribution in [0.1, 0.15) is 12.8 Å². The van der Waals surface area contributed by atoms with E-state index >= 15 is 0 Å². The lowest BCUT2D eigenvalue weighted by Gasteiger charge is -2.16. The predicted molar refractivity (Wildman–Crippen MR) is 56.6 cm³/mol. The van der Waals surface area contributed by atoms with Gasteiger partial charge in [0.25, 0.3) is 0 Å². The van der Waals surface area contributed by atoms with Crippen LogP contribution >= 0.6 is 0 Å². The minimum atomic E-state index is 0.540. The number of hydrogen-bond donors (Lipinski definition) is 3. The zero-order valence-electron chi connectivity index (χ0n) is 8.16. The molecule has 1 aliphatic carbocycles. The van der Waals surface area contributed by atoms with Crippen LogP contribution in [0.2, 0.25) is 0 Å². The van der Waals surface area contributed by atoms with Gasteiger partial charge in [-0.3, -0.25) is 5.01 Å². The second-order valence-corrected chi connectivity index (χ2v) is 3.48. The first-order chi connectivity index (χ1) is 6.88. The molecule has 0 unspecified atom stereocenters. The summed E-state index contributed by atoms with van der Waals surface area (Å²) >= 11 is 0. The highest BCUT2D eigenvalue weighted by molar-refractivity contribution is 5.24. The van der Waals surface area contributed by atoms with Crippen molar-refractivity contribution in [1.29, 1.82) is 0 Å². The Kier molecular flexibility index (Phi) is 2.86. The summed E-state index contributed by atoms with van der Waals surface area (Å²) in [7, 11) is 0. The summed E-state index contributed by atoms with van der Waals surface area (Å²) in [6.45, 7) is 1.42.